The molecule has 13 heavy (non-hydrogen) atoms. The molecule has 0 radical (unpaired) electrons. The minimum absolute atomic E-state index is 0.328. The van der Waals surface area contributed by atoms with Crippen LogP contribution in [0.5, 0.6) is 0 Å². The molecule has 0 saturated carbocycles. The third-order valence-corrected chi connectivity index (χ3v) is 2.40. The van der Waals surface area contributed by atoms with E-state index in [-0.39, 0.29) is 0 Å². The Kier molecular flexibility index (Phi) is 3.48. The maximum absolute atomic E-state index is 13.3. The molecule has 1 heterocycles. The molecule has 76 valence electrons. The number of piperidine rings is 1. The normalized spacial score (nSPS) is 28.9. The molecule has 1 fully saturated rings. The fourth-order valence-corrected chi connectivity index (χ4v) is 1.76. The molecule has 1 aliphatic rings. The van der Waals surface area contributed by atoms with Gasteiger partial charge in [-0.05, 0) is 25.8 Å². The van der Waals surface area contributed by atoms with Gasteiger partial charge in [-0.1, -0.05) is 0 Å². The Morgan fingerprint density at radius 1 is 1.69 bits per heavy atom. The fourth-order valence-electron chi connectivity index (χ4n) is 1.76. The van der Waals surface area contributed by atoms with Crippen LogP contribution in [-0.2, 0) is 0 Å². The molecule has 2 unspecified atom stereocenters. The molecule has 0 spiro atoms. The van der Waals surface area contributed by atoms with E-state index in [0.717, 1.165) is 0 Å². The van der Waals surface area contributed by atoms with Crippen molar-refractivity contribution < 1.29 is 14.3 Å². The first-order valence-electron chi connectivity index (χ1n) is 4.50. The number of nitrogens with zero attached hydrogens (tertiary/aromatic N) is 1. The average molecular weight is 190 g/mol. The summed E-state index contributed by atoms with van der Waals surface area (Å²) in [7, 11) is 0. The van der Waals surface area contributed by atoms with Gasteiger partial charge >= 0.3 is 6.09 Å². The molecular formula is C8H15FN2O2. The first-order valence-corrected chi connectivity index (χ1v) is 4.50. The van der Waals surface area contributed by atoms with Gasteiger partial charge in [0.2, 0.25) is 0 Å². The Morgan fingerprint density at radius 3 is 2.92 bits per heavy atom. The zero-order valence-electron chi connectivity index (χ0n) is 7.45. The lowest BCUT2D eigenvalue weighted by Gasteiger charge is -2.35. The van der Waals surface area contributed by atoms with Crippen molar-refractivity contribution in [3.63, 3.8) is 0 Å². The van der Waals surface area contributed by atoms with Gasteiger partial charge in [0.25, 0.3) is 0 Å². The SMILES string of the molecule is NCCC1C(F)CCCN1C(=O)O. The molecule has 0 aromatic rings. The van der Waals surface area contributed by atoms with E-state index >= 15 is 0 Å². The predicted octanol–water partition coefficient (Wildman–Crippen LogP) is 0.816. The monoisotopic (exact) mass is 190 g/mol. The van der Waals surface area contributed by atoms with Crippen LogP contribution in [0.25, 0.3) is 0 Å². The molecule has 1 rings (SSSR count). The summed E-state index contributed by atoms with van der Waals surface area (Å²) in [6, 6.07) is -0.531. The van der Waals surface area contributed by atoms with E-state index < -0.39 is 18.3 Å². The minimum Gasteiger partial charge on any atom is -0.465 e. The Labute approximate surface area is 76.5 Å². The number of carbonyl (C=O) groups is 1. The number of halogens is 1. The summed E-state index contributed by atoms with van der Waals surface area (Å²) in [5.74, 6) is 0. The molecule has 0 bridgehead atoms. The van der Waals surface area contributed by atoms with Crippen molar-refractivity contribution >= 4 is 6.09 Å². The molecule has 1 saturated heterocycles. The van der Waals surface area contributed by atoms with Crippen molar-refractivity contribution in [3.05, 3.63) is 0 Å². The molecule has 1 aliphatic heterocycles. The van der Waals surface area contributed by atoms with Crippen LogP contribution in [0, 0.1) is 0 Å². The lowest BCUT2D eigenvalue weighted by Crippen LogP contribution is -2.49. The molecule has 1 amide bonds. The number of likely N-dealkylation sites (tertiary alicyclic amines) is 1. The summed E-state index contributed by atoms with van der Waals surface area (Å²) < 4.78 is 13.3. The maximum Gasteiger partial charge on any atom is 0.407 e. The van der Waals surface area contributed by atoms with E-state index in [1.165, 1.54) is 4.90 Å². The smallest absolute Gasteiger partial charge is 0.407 e. The van der Waals surface area contributed by atoms with Crippen LogP contribution in [0.3, 0.4) is 0 Å². The second-order valence-electron chi connectivity index (χ2n) is 3.28. The van der Waals surface area contributed by atoms with Crippen molar-refractivity contribution in [2.75, 3.05) is 13.1 Å². The van der Waals surface area contributed by atoms with Crippen LogP contribution in [0.15, 0.2) is 0 Å². The number of rotatable bonds is 2. The number of nitrogens with two attached hydrogens (primary N) is 1. The molecule has 5 heteroatoms. The van der Waals surface area contributed by atoms with Crippen LogP contribution in [0.4, 0.5) is 9.18 Å². The van der Waals surface area contributed by atoms with Crippen molar-refractivity contribution in [3.8, 4) is 0 Å². The van der Waals surface area contributed by atoms with Crippen molar-refractivity contribution in [1.29, 1.82) is 0 Å². The summed E-state index contributed by atoms with van der Waals surface area (Å²) in [5.41, 5.74) is 5.30. The van der Waals surface area contributed by atoms with E-state index in [4.69, 9.17) is 10.8 Å². The molecule has 3 N–H and O–H groups in total. The van der Waals surface area contributed by atoms with Crippen LogP contribution in [0.2, 0.25) is 0 Å². The van der Waals surface area contributed by atoms with E-state index in [1.807, 2.05) is 0 Å². The van der Waals surface area contributed by atoms with Gasteiger partial charge in [0.05, 0.1) is 6.04 Å². The highest BCUT2D eigenvalue weighted by Gasteiger charge is 2.33. The van der Waals surface area contributed by atoms with Gasteiger partial charge in [-0.2, -0.15) is 0 Å². The van der Waals surface area contributed by atoms with Gasteiger partial charge in [0.1, 0.15) is 6.17 Å². The van der Waals surface area contributed by atoms with Gasteiger partial charge in [-0.3, -0.25) is 0 Å². The van der Waals surface area contributed by atoms with E-state index in [0.29, 0.717) is 32.4 Å². The standard InChI is InChI=1S/C8H15FN2O2/c9-6-2-1-5-11(8(12)13)7(6)3-4-10/h6-7H,1-5,10H2,(H,12,13). The average Bonchev–Trinajstić information content (AvgIpc) is 2.08. The highest BCUT2D eigenvalue weighted by atomic mass is 19.1. The summed E-state index contributed by atoms with van der Waals surface area (Å²) >= 11 is 0. The first kappa shape index (κ1) is 10.2. The van der Waals surface area contributed by atoms with Gasteiger partial charge in [-0.15, -0.1) is 0 Å². The van der Waals surface area contributed by atoms with Gasteiger partial charge < -0.3 is 15.7 Å². The predicted molar refractivity (Wildman–Crippen MR) is 46.3 cm³/mol. The molecule has 0 aromatic carbocycles. The number of carboxylic acid groups (broad SMARTS) is 1. The van der Waals surface area contributed by atoms with E-state index in [1.54, 1.807) is 0 Å². The number of hydrogen-bond acceptors (Lipinski definition) is 2. The molecule has 2 atom stereocenters. The summed E-state index contributed by atoms with van der Waals surface area (Å²) in [4.78, 5) is 11.9. The fraction of sp³-hybridized carbons (Fsp3) is 0.875. The highest BCUT2D eigenvalue weighted by Crippen LogP contribution is 2.22. The van der Waals surface area contributed by atoms with Crippen LogP contribution < -0.4 is 5.73 Å². The molecule has 0 aromatic heterocycles. The van der Waals surface area contributed by atoms with Crippen LogP contribution in [-0.4, -0.2) is 41.4 Å². The zero-order chi connectivity index (χ0) is 9.84. The van der Waals surface area contributed by atoms with Crippen molar-refractivity contribution in [1.82, 2.24) is 4.90 Å². The Hall–Kier alpha value is -0.840. The van der Waals surface area contributed by atoms with Crippen molar-refractivity contribution in [2.45, 2.75) is 31.5 Å². The van der Waals surface area contributed by atoms with E-state index in [9.17, 15) is 9.18 Å². The van der Waals surface area contributed by atoms with E-state index in [2.05, 4.69) is 0 Å². The maximum atomic E-state index is 13.3. The van der Waals surface area contributed by atoms with Gasteiger partial charge in [0, 0.05) is 6.54 Å². The Balaban J connectivity index is 2.62. The van der Waals surface area contributed by atoms with Gasteiger partial charge in [-0.25, -0.2) is 9.18 Å². The lowest BCUT2D eigenvalue weighted by molar-refractivity contribution is 0.0578. The first-order chi connectivity index (χ1) is 6.16. The van der Waals surface area contributed by atoms with Gasteiger partial charge in [0.15, 0.2) is 0 Å². The summed E-state index contributed by atoms with van der Waals surface area (Å²) in [6.45, 7) is 0.759. The molecule has 0 aliphatic carbocycles. The summed E-state index contributed by atoms with van der Waals surface area (Å²) in [5, 5.41) is 8.77. The highest BCUT2D eigenvalue weighted by molar-refractivity contribution is 5.65. The largest absolute Gasteiger partial charge is 0.465 e. The minimum atomic E-state index is -1.05. The second kappa shape index (κ2) is 4.41. The summed E-state index contributed by atoms with van der Waals surface area (Å²) in [6.07, 6.45) is -0.620. The Bertz CT molecular complexity index is 189. The Morgan fingerprint density at radius 2 is 2.38 bits per heavy atom. The topological polar surface area (TPSA) is 66.6 Å². The molecule has 4 nitrogen and oxygen atoms in total. The number of amides is 1. The zero-order valence-corrected chi connectivity index (χ0v) is 7.45. The third kappa shape index (κ3) is 2.30. The quantitative estimate of drug-likeness (QED) is 0.677. The number of hydrogen-bond donors (Lipinski definition) is 2. The molecular weight excluding hydrogens is 175 g/mol. The lowest BCUT2D eigenvalue weighted by atomic mass is 9.98. The third-order valence-electron chi connectivity index (χ3n) is 2.40. The van der Waals surface area contributed by atoms with Crippen LogP contribution >= 0.6 is 0 Å². The van der Waals surface area contributed by atoms with Crippen molar-refractivity contribution in [2.24, 2.45) is 5.73 Å². The second-order valence-corrected chi connectivity index (χ2v) is 3.28. The number of alkyl halides is 1. The van der Waals surface area contributed by atoms with Crippen LogP contribution in [0.1, 0.15) is 19.3 Å².